The fraction of sp³-hybridized carbons (Fsp3) is 0.625. The van der Waals surface area contributed by atoms with Crippen molar-refractivity contribution in [3.63, 3.8) is 0 Å². The van der Waals surface area contributed by atoms with Gasteiger partial charge in [0, 0.05) is 19.5 Å². The first-order valence-corrected chi connectivity index (χ1v) is 4.49. The molecule has 0 saturated carbocycles. The summed E-state index contributed by atoms with van der Waals surface area (Å²) >= 11 is 0. The lowest BCUT2D eigenvalue weighted by atomic mass is 10.3. The van der Waals surface area contributed by atoms with Crippen molar-refractivity contribution in [3.05, 3.63) is 0 Å². The highest BCUT2D eigenvalue weighted by Gasteiger charge is 2.26. The number of nitrogens with zero attached hydrogens (tertiary/aromatic N) is 1. The van der Waals surface area contributed by atoms with Gasteiger partial charge in [0.15, 0.2) is 0 Å². The average Bonchev–Trinajstić information content (AvgIpc) is 2.42. The van der Waals surface area contributed by atoms with Gasteiger partial charge in [-0.2, -0.15) is 0 Å². The fourth-order valence-electron chi connectivity index (χ4n) is 1.19. The summed E-state index contributed by atoms with van der Waals surface area (Å²) in [5, 5.41) is 4.75. The van der Waals surface area contributed by atoms with Crippen molar-refractivity contribution in [2.24, 2.45) is 0 Å². The summed E-state index contributed by atoms with van der Waals surface area (Å²) in [6.45, 7) is 2.73. The molecular weight excluding hydrogens is 186 g/mol. The van der Waals surface area contributed by atoms with Crippen LogP contribution in [0.3, 0.4) is 0 Å². The Kier molecular flexibility index (Phi) is 3.44. The van der Waals surface area contributed by atoms with Crippen molar-refractivity contribution in [1.82, 2.24) is 15.5 Å². The summed E-state index contributed by atoms with van der Waals surface area (Å²) in [6, 6.07) is -0.417. The van der Waals surface area contributed by atoms with Crippen LogP contribution in [0.4, 0.5) is 4.79 Å². The van der Waals surface area contributed by atoms with E-state index in [1.54, 1.807) is 0 Å². The number of nitrogens with one attached hydrogen (secondary N) is 2. The van der Waals surface area contributed by atoms with E-state index >= 15 is 0 Å². The van der Waals surface area contributed by atoms with E-state index in [-0.39, 0.29) is 31.3 Å². The zero-order valence-corrected chi connectivity index (χ0v) is 8.00. The van der Waals surface area contributed by atoms with Crippen molar-refractivity contribution < 1.29 is 14.4 Å². The van der Waals surface area contributed by atoms with Gasteiger partial charge in [0.05, 0.1) is 0 Å². The summed E-state index contributed by atoms with van der Waals surface area (Å²) in [7, 11) is 0. The second kappa shape index (κ2) is 4.59. The number of rotatable bonds is 4. The Labute approximate surface area is 81.6 Å². The second-order valence-corrected chi connectivity index (χ2v) is 2.98. The minimum atomic E-state index is -0.417. The monoisotopic (exact) mass is 199 g/mol. The Bertz CT molecular complexity index is 265. The molecule has 0 aromatic carbocycles. The van der Waals surface area contributed by atoms with Gasteiger partial charge in [0.1, 0.15) is 6.54 Å². The van der Waals surface area contributed by atoms with E-state index in [0.717, 1.165) is 0 Å². The minimum absolute atomic E-state index is 0.0538. The number of hydrogen-bond acceptors (Lipinski definition) is 3. The first-order chi connectivity index (χ1) is 6.63. The molecule has 1 heterocycles. The predicted octanol–water partition coefficient (Wildman–Crippen LogP) is -0.936. The van der Waals surface area contributed by atoms with Crippen LogP contribution in [0.5, 0.6) is 0 Å². The van der Waals surface area contributed by atoms with Gasteiger partial charge in [-0.15, -0.1) is 0 Å². The Hall–Kier alpha value is -1.59. The molecule has 1 aliphatic heterocycles. The van der Waals surface area contributed by atoms with Crippen molar-refractivity contribution >= 4 is 17.8 Å². The molecule has 14 heavy (non-hydrogen) atoms. The van der Waals surface area contributed by atoms with Gasteiger partial charge in [0.25, 0.3) is 0 Å². The Morgan fingerprint density at radius 1 is 1.57 bits per heavy atom. The number of carbonyl (C=O) groups is 3. The third-order valence-corrected chi connectivity index (χ3v) is 1.85. The smallest absolute Gasteiger partial charge is 0.324 e. The standard InChI is InChI=1S/C8H13N3O3/c1-2-9-6(12)3-4-11-5-7(13)10-8(11)14/h2-5H2,1H3,(H,9,12)(H,10,13,14). The van der Waals surface area contributed by atoms with Crippen LogP contribution in [0.25, 0.3) is 0 Å². The Morgan fingerprint density at radius 2 is 2.29 bits per heavy atom. The van der Waals surface area contributed by atoms with Crippen LogP contribution >= 0.6 is 0 Å². The lowest BCUT2D eigenvalue weighted by molar-refractivity contribution is -0.122. The van der Waals surface area contributed by atoms with E-state index in [0.29, 0.717) is 6.54 Å². The largest absolute Gasteiger partial charge is 0.356 e. The zero-order chi connectivity index (χ0) is 10.6. The number of amides is 4. The molecule has 1 rings (SSSR count). The molecular formula is C8H13N3O3. The lowest BCUT2D eigenvalue weighted by Gasteiger charge is -2.11. The van der Waals surface area contributed by atoms with Crippen LogP contribution in [0, 0.1) is 0 Å². The van der Waals surface area contributed by atoms with Crippen LogP contribution in [-0.4, -0.2) is 42.4 Å². The van der Waals surface area contributed by atoms with E-state index in [4.69, 9.17) is 0 Å². The SMILES string of the molecule is CCNC(=O)CCN1CC(=O)NC1=O. The molecule has 6 heteroatoms. The molecule has 0 atom stereocenters. The second-order valence-electron chi connectivity index (χ2n) is 2.98. The third-order valence-electron chi connectivity index (χ3n) is 1.85. The molecule has 0 aromatic heterocycles. The maximum atomic E-state index is 11.0. The van der Waals surface area contributed by atoms with Crippen LogP contribution in [-0.2, 0) is 9.59 Å². The van der Waals surface area contributed by atoms with Gasteiger partial charge in [-0.05, 0) is 6.92 Å². The lowest BCUT2D eigenvalue weighted by Crippen LogP contribution is -2.33. The molecule has 0 aliphatic carbocycles. The van der Waals surface area contributed by atoms with Gasteiger partial charge < -0.3 is 10.2 Å². The fourth-order valence-corrected chi connectivity index (χ4v) is 1.19. The van der Waals surface area contributed by atoms with E-state index in [9.17, 15) is 14.4 Å². The molecule has 1 fully saturated rings. The van der Waals surface area contributed by atoms with Crippen molar-refractivity contribution in [2.45, 2.75) is 13.3 Å². The highest BCUT2D eigenvalue weighted by Crippen LogP contribution is 1.98. The normalized spacial score (nSPS) is 15.6. The molecule has 0 bridgehead atoms. The number of urea groups is 1. The molecule has 2 N–H and O–H groups in total. The molecule has 6 nitrogen and oxygen atoms in total. The van der Waals surface area contributed by atoms with Gasteiger partial charge >= 0.3 is 6.03 Å². The van der Waals surface area contributed by atoms with Crippen molar-refractivity contribution in [3.8, 4) is 0 Å². The minimum Gasteiger partial charge on any atom is -0.356 e. The highest BCUT2D eigenvalue weighted by atomic mass is 16.2. The molecule has 0 radical (unpaired) electrons. The molecule has 78 valence electrons. The summed E-state index contributed by atoms with van der Waals surface area (Å²) in [4.78, 5) is 34.1. The van der Waals surface area contributed by atoms with E-state index in [1.165, 1.54) is 4.90 Å². The summed E-state index contributed by atoms with van der Waals surface area (Å²) in [5.41, 5.74) is 0. The third kappa shape index (κ3) is 2.72. The van der Waals surface area contributed by atoms with E-state index in [1.807, 2.05) is 6.92 Å². The van der Waals surface area contributed by atoms with Crippen LogP contribution in [0.2, 0.25) is 0 Å². The maximum absolute atomic E-state index is 11.0. The number of hydrogen-bond donors (Lipinski definition) is 2. The molecule has 1 saturated heterocycles. The van der Waals surface area contributed by atoms with Gasteiger partial charge in [-0.25, -0.2) is 4.79 Å². The number of carbonyl (C=O) groups excluding carboxylic acids is 3. The predicted molar refractivity (Wildman–Crippen MR) is 48.4 cm³/mol. The van der Waals surface area contributed by atoms with Crippen LogP contribution in [0.15, 0.2) is 0 Å². The average molecular weight is 199 g/mol. The molecule has 4 amide bonds. The summed E-state index contributed by atoms with van der Waals surface area (Å²) in [6.07, 6.45) is 0.231. The first kappa shape index (κ1) is 10.5. The van der Waals surface area contributed by atoms with E-state index < -0.39 is 6.03 Å². The summed E-state index contributed by atoms with van der Waals surface area (Å²) in [5.74, 6) is -0.425. The highest BCUT2D eigenvalue weighted by molar-refractivity contribution is 6.02. The molecule has 1 aliphatic rings. The first-order valence-electron chi connectivity index (χ1n) is 4.49. The summed E-state index contributed by atoms with van der Waals surface area (Å²) < 4.78 is 0. The van der Waals surface area contributed by atoms with Crippen LogP contribution < -0.4 is 10.6 Å². The van der Waals surface area contributed by atoms with Crippen molar-refractivity contribution in [1.29, 1.82) is 0 Å². The molecule has 0 aromatic rings. The molecule has 0 unspecified atom stereocenters. The number of imide groups is 1. The Morgan fingerprint density at radius 3 is 2.79 bits per heavy atom. The Balaban J connectivity index is 2.28. The van der Waals surface area contributed by atoms with Crippen molar-refractivity contribution in [2.75, 3.05) is 19.6 Å². The quantitative estimate of drug-likeness (QED) is 0.574. The molecule has 0 spiro atoms. The van der Waals surface area contributed by atoms with Gasteiger partial charge in [-0.1, -0.05) is 0 Å². The maximum Gasteiger partial charge on any atom is 0.324 e. The van der Waals surface area contributed by atoms with E-state index in [2.05, 4.69) is 10.6 Å². The zero-order valence-electron chi connectivity index (χ0n) is 8.00. The van der Waals surface area contributed by atoms with Crippen LogP contribution in [0.1, 0.15) is 13.3 Å². The topological polar surface area (TPSA) is 78.5 Å². The van der Waals surface area contributed by atoms with Gasteiger partial charge in [0.2, 0.25) is 11.8 Å². The van der Waals surface area contributed by atoms with Gasteiger partial charge in [-0.3, -0.25) is 14.9 Å².